The van der Waals surface area contributed by atoms with E-state index in [-0.39, 0.29) is 18.2 Å². The fourth-order valence-electron chi connectivity index (χ4n) is 2.17. The molecule has 0 aromatic rings. The van der Waals surface area contributed by atoms with Crippen molar-refractivity contribution in [2.75, 3.05) is 0 Å². The molecule has 3 heteroatoms. The van der Waals surface area contributed by atoms with Crippen molar-refractivity contribution in [3.63, 3.8) is 0 Å². The van der Waals surface area contributed by atoms with E-state index in [2.05, 4.69) is 18.3 Å². The van der Waals surface area contributed by atoms with E-state index in [1.54, 1.807) is 0 Å². The van der Waals surface area contributed by atoms with E-state index in [1.165, 1.54) is 5.57 Å². The van der Waals surface area contributed by atoms with Gasteiger partial charge in [-0.05, 0) is 38.8 Å². The van der Waals surface area contributed by atoms with E-state index in [0.29, 0.717) is 0 Å². The summed E-state index contributed by atoms with van der Waals surface area (Å²) in [6.07, 6.45) is 11.1. The molecule has 0 amide bonds. The van der Waals surface area contributed by atoms with Crippen molar-refractivity contribution in [3.8, 4) is 0 Å². The largest absolute Gasteiger partial charge is 0.366 e. The molecule has 2 aliphatic rings. The highest BCUT2D eigenvalue weighted by molar-refractivity contribution is 5.55. The van der Waals surface area contributed by atoms with Gasteiger partial charge < -0.3 is 14.8 Å². The van der Waals surface area contributed by atoms with Crippen molar-refractivity contribution in [2.45, 2.75) is 44.9 Å². The van der Waals surface area contributed by atoms with Crippen LogP contribution in [0.5, 0.6) is 0 Å². The number of carbonyl (C=O) groups is 1. The van der Waals surface area contributed by atoms with Crippen LogP contribution in [0.3, 0.4) is 0 Å². The molecular weight excluding hydrogens is 202 g/mol. The van der Waals surface area contributed by atoms with Gasteiger partial charge in [0.05, 0.1) is 12.0 Å². The second-order valence-electron chi connectivity index (χ2n) is 4.61. The maximum absolute atomic E-state index is 10.9. The highest BCUT2D eigenvalue weighted by Crippen LogP contribution is 2.23. The lowest BCUT2D eigenvalue weighted by Gasteiger charge is -2.31. The van der Waals surface area contributed by atoms with Gasteiger partial charge in [0.25, 0.3) is 0 Å². The SMILES string of the molecule is CC1=CCC(OC2NC=CCC2C=O)CC1. The summed E-state index contributed by atoms with van der Waals surface area (Å²) in [5.41, 5.74) is 1.45. The number of aldehydes is 1. The third-order valence-electron chi connectivity index (χ3n) is 3.28. The number of rotatable bonds is 3. The summed E-state index contributed by atoms with van der Waals surface area (Å²) in [6.45, 7) is 2.16. The van der Waals surface area contributed by atoms with E-state index in [0.717, 1.165) is 32.0 Å². The Hall–Kier alpha value is -1.09. The van der Waals surface area contributed by atoms with E-state index < -0.39 is 0 Å². The van der Waals surface area contributed by atoms with Gasteiger partial charge in [0.2, 0.25) is 0 Å². The predicted molar refractivity (Wildman–Crippen MR) is 62.7 cm³/mol. The Balaban J connectivity index is 1.89. The maximum atomic E-state index is 10.9. The first-order valence-corrected chi connectivity index (χ1v) is 5.97. The third-order valence-corrected chi connectivity index (χ3v) is 3.28. The average molecular weight is 221 g/mol. The summed E-state index contributed by atoms with van der Waals surface area (Å²) < 4.78 is 5.95. The topological polar surface area (TPSA) is 38.3 Å². The summed E-state index contributed by atoms with van der Waals surface area (Å²) in [4.78, 5) is 10.9. The van der Waals surface area contributed by atoms with Gasteiger partial charge in [-0.15, -0.1) is 0 Å². The van der Waals surface area contributed by atoms with Crippen LogP contribution in [0.2, 0.25) is 0 Å². The van der Waals surface area contributed by atoms with Gasteiger partial charge in [0, 0.05) is 0 Å². The molecular formula is C13H19NO2. The first-order chi connectivity index (χ1) is 7.79. The molecule has 0 saturated carbocycles. The van der Waals surface area contributed by atoms with Crippen LogP contribution in [0.1, 0.15) is 32.6 Å². The quantitative estimate of drug-likeness (QED) is 0.586. The van der Waals surface area contributed by atoms with Crippen LogP contribution in [0.25, 0.3) is 0 Å². The predicted octanol–water partition coefficient (Wildman–Crippen LogP) is 2.15. The minimum atomic E-state index is -0.140. The number of ether oxygens (including phenoxy) is 1. The molecule has 0 aromatic heterocycles. The molecule has 0 aromatic carbocycles. The fourth-order valence-corrected chi connectivity index (χ4v) is 2.17. The van der Waals surface area contributed by atoms with E-state index in [4.69, 9.17) is 4.74 Å². The van der Waals surface area contributed by atoms with Crippen LogP contribution in [-0.4, -0.2) is 18.6 Å². The molecule has 16 heavy (non-hydrogen) atoms. The maximum Gasteiger partial charge on any atom is 0.137 e. The van der Waals surface area contributed by atoms with Crippen LogP contribution in [0, 0.1) is 5.92 Å². The number of nitrogens with one attached hydrogen (secondary N) is 1. The summed E-state index contributed by atoms with van der Waals surface area (Å²) in [5.74, 6) is -0.0444. The monoisotopic (exact) mass is 221 g/mol. The van der Waals surface area contributed by atoms with Gasteiger partial charge >= 0.3 is 0 Å². The first-order valence-electron chi connectivity index (χ1n) is 5.97. The Morgan fingerprint density at radius 2 is 2.38 bits per heavy atom. The fraction of sp³-hybridized carbons (Fsp3) is 0.615. The zero-order valence-electron chi connectivity index (χ0n) is 9.69. The Morgan fingerprint density at radius 1 is 1.50 bits per heavy atom. The third kappa shape index (κ3) is 2.73. The van der Waals surface area contributed by atoms with E-state index in [9.17, 15) is 4.79 Å². The zero-order valence-corrected chi connectivity index (χ0v) is 9.69. The van der Waals surface area contributed by atoms with Gasteiger partial charge in [0.1, 0.15) is 12.5 Å². The zero-order chi connectivity index (χ0) is 11.4. The average Bonchev–Trinajstić information content (AvgIpc) is 2.33. The Bertz CT molecular complexity index is 309. The van der Waals surface area contributed by atoms with Crippen molar-refractivity contribution in [1.82, 2.24) is 5.32 Å². The summed E-state index contributed by atoms with van der Waals surface area (Å²) in [7, 11) is 0. The van der Waals surface area contributed by atoms with Crippen molar-refractivity contribution in [3.05, 3.63) is 23.9 Å². The molecule has 3 nitrogen and oxygen atoms in total. The first kappa shape index (κ1) is 11.4. The van der Waals surface area contributed by atoms with Crippen molar-refractivity contribution in [1.29, 1.82) is 0 Å². The van der Waals surface area contributed by atoms with Crippen LogP contribution in [-0.2, 0) is 9.53 Å². The molecule has 1 aliphatic carbocycles. The lowest BCUT2D eigenvalue weighted by atomic mass is 9.97. The van der Waals surface area contributed by atoms with Crippen LogP contribution < -0.4 is 5.32 Å². The van der Waals surface area contributed by atoms with Crippen molar-refractivity contribution >= 4 is 6.29 Å². The van der Waals surface area contributed by atoms with Crippen LogP contribution in [0.15, 0.2) is 23.9 Å². The lowest BCUT2D eigenvalue weighted by Crippen LogP contribution is -2.41. The highest BCUT2D eigenvalue weighted by atomic mass is 16.5. The number of hydrogen-bond acceptors (Lipinski definition) is 3. The minimum Gasteiger partial charge on any atom is -0.366 e. The summed E-state index contributed by atoms with van der Waals surface area (Å²) >= 11 is 0. The molecule has 3 atom stereocenters. The second-order valence-corrected chi connectivity index (χ2v) is 4.61. The molecule has 2 rings (SSSR count). The van der Waals surface area contributed by atoms with E-state index in [1.807, 2.05) is 12.3 Å². The van der Waals surface area contributed by atoms with Gasteiger partial charge in [-0.25, -0.2) is 0 Å². The molecule has 0 bridgehead atoms. The number of hydrogen-bond donors (Lipinski definition) is 1. The summed E-state index contributed by atoms with van der Waals surface area (Å²) in [6, 6.07) is 0. The number of carbonyl (C=O) groups excluding carboxylic acids is 1. The van der Waals surface area contributed by atoms with Crippen LogP contribution in [0.4, 0.5) is 0 Å². The minimum absolute atomic E-state index is 0.0444. The van der Waals surface area contributed by atoms with Gasteiger partial charge in [-0.3, -0.25) is 0 Å². The van der Waals surface area contributed by atoms with Gasteiger partial charge in [0.15, 0.2) is 0 Å². The molecule has 0 radical (unpaired) electrons. The van der Waals surface area contributed by atoms with Gasteiger partial charge in [-0.1, -0.05) is 17.7 Å². The molecule has 0 fully saturated rings. The standard InChI is InChI=1S/C13H19NO2/c1-10-4-6-12(7-5-10)16-13-11(9-15)3-2-8-14-13/h2,4,8-9,11-14H,3,5-7H2,1H3. The number of allylic oxidation sites excluding steroid dienone is 2. The lowest BCUT2D eigenvalue weighted by molar-refractivity contribution is -0.120. The van der Waals surface area contributed by atoms with E-state index >= 15 is 0 Å². The highest BCUT2D eigenvalue weighted by Gasteiger charge is 2.26. The molecule has 1 heterocycles. The smallest absolute Gasteiger partial charge is 0.137 e. The molecule has 0 saturated heterocycles. The molecule has 88 valence electrons. The molecule has 3 unspecified atom stereocenters. The Labute approximate surface area is 96.6 Å². The Morgan fingerprint density at radius 3 is 3.06 bits per heavy atom. The Kier molecular flexibility index (Phi) is 3.78. The van der Waals surface area contributed by atoms with Gasteiger partial charge in [-0.2, -0.15) is 0 Å². The normalized spacial score (nSPS) is 34.1. The molecule has 1 aliphatic heterocycles. The summed E-state index contributed by atoms with van der Waals surface area (Å²) in [5, 5.41) is 3.12. The van der Waals surface area contributed by atoms with Crippen molar-refractivity contribution in [2.24, 2.45) is 5.92 Å². The molecule has 0 spiro atoms. The van der Waals surface area contributed by atoms with Crippen LogP contribution >= 0.6 is 0 Å². The van der Waals surface area contributed by atoms with Crippen molar-refractivity contribution < 1.29 is 9.53 Å². The second kappa shape index (κ2) is 5.30. The molecule has 1 N–H and O–H groups in total.